The van der Waals surface area contributed by atoms with E-state index in [1.807, 2.05) is 0 Å². The highest BCUT2D eigenvalue weighted by molar-refractivity contribution is 7.86. The van der Waals surface area contributed by atoms with Crippen molar-refractivity contribution in [3.05, 3.63) is 0 Å². The summed E-state index contributed by atoms with van der Waals surface area (Å²) in [4.78, 5) is 0. The standard InChI is InChI=1S/C8H16F3N3O2S/c9-8(10,11)3-6-14(17(12,15)16)7-1-4-13-5-2-7/h7,13H,1-6H2,(H2,12,15,16). The molecule has 0 aliphatic carbocycles. The van der Waals surface area contributed by atoms with Gasteiger partial charge < -0.3 is 5.32 Å². The number of halogens is 3. The van der Waals surface area contributed by atoms with Gasteiger partial charge >= 0.3 is 6.18 Å². The van der Waals surface area contributed by atoms with Gasteiger partial charge in [0.1, 0.15) is 0 Å². The van der Waals surface area contributed by atoms with Crippen LogP contribution in [0.15, 0.2) is 0 Å². The van der Waals surface area contributed by atoms with Gasteiger partial charge in [-0.3, -0.25) is 0 Å². The molecular weight excluding hydrogens is 259 g/mol. The Kier molecular flexibility index (Phi) is 4.76. The second-order valence-corrected chi connectivity index (χ2v) is 5.50. The van der Waals surface area contributed by atoms with Crippen molar-refractivity contribution in [3.63, 3.8) is 0 Å². The zero-order chi connectivity index (χ0) is 13.1. The molecule has 0 spiro atoms. The average Bonchev–Trinajstić information content (AvgIpc) is 2.15. The number of hydrogen-bond donors (Lipinski definition) is 2. The van der Waals surface area contributed by atoms with Crippen molar-refractivity contribution in [2.75, 3.05) is 19.6 Å². The van der Waals surface area contributed by atoms with E-state index in [2.05, 4.69) is 5.32 Å². The lowest BCUT2D eigenvalue weighted by molar-refractivity contribution is -0.136. The third-order valence-electron chi connectivity index (χ3n) is 2.66. The summed E-state index contributed by atoms with van der Waals surface area (Å²) >= 11 is 0. The van der Waals surface area contributed by atoms with Crippen molar-refractivity contribution >= 4 is 10.2 Å². The SMILES string of the molecule is NS(=O)(=O)N(CCC(F)(F)F)C1CCNCC1. The molecule has 5 nitrogen and oxygen atoms in total. The van der Waals surface area contributed by atoms with Gasteiger partial charge in [0.15, 0.2) is 0 Å². The fourth-order valence-corrected chi connectivity index (χ4v) is 2.82. The van der Waals surface area contributed by atoms with Crippen molar-refractivity contribution in [2.24, 2.45) is 5.14 Å². The monoisotopic (exact) mass is 275 g/mol. The Bertz CT molecular complexity index is 338. The predicted octanol–water partition coefficient (Wildman–Crippen LogP) is 0.196. The highest BCUT2D eigenvalue weighted by atomic mass is 32.2. The molecule has 0 aromatic rings. The van der Waals surface area contributed by atoms with Gasteiger partial charge in [-0.25, -0.2) is 5.14 Å². The zero-order valence-electron chi connectivity index (χ0n) is 9.20. The molecule has 0 atom stereocenters. The lowest BCUT2D eigenvalue weighted by Gasteiger charge is -2.32. The van der Waals surface area contributed by atoms with Crippen molar-refractivity contribution in [1.82, 2.24) is 9.62 Å². The molecule has 1 saturated heterocycles. The number of nitrogens with two attached hydrogens (primary N) is 1. The Morgan fingerprint density at radius 3 is 2.24 bits per heavy atom. The van der Waals surface area contributed by atoms with Crippen LogP contribution >= 0.6 is 0 Å². The minimum absolute atomic E-state index is 0.436. The van der Waals surface area contributed by atoms with E-state index in [1.54, 1.807) is 0 Å². The normalized spacial score (nSPS) is 19.8. The summed E-state index contributed by atoms with van der Waals surface area (Å²) in [6, 6.07) is -0.436. The quantitative estimate of drug-likeness (QED) is 0.769. The molecule has 1 aliphatic heterocycles. The van der Waals surface area contributed by atoms with E-state index in [1.165, 1.54) is 0 Å². The van der Waals surface area contributed by atoms with Crippen LogP contribution in [0.3, 0.4) is 0 Å². The van der Waals surface area contributed by atoms with Crippen LogP contribution in [0.1, 0.15) is 19.3 Å². The minimum atomic E-state index is -4.38. The number of nitrogens with one attached hydrogen (secondary N) is 1. The molecule has 102 valence electrons. The fourth-order valence-electron chi connectivity index (χ4n) is 1.85. The minimum Gasteiger partial charge on any atom is -0.317 e. The Labute approximate surface area is 98.3 Å². The molecule has 0 bridgehead atoms. The number of rotatable bonds is 4. The van der Waals surface area contributed by atoms with Crippen LogP contribution < -0.4 is 10.5 Å². The Morgan fingerprint density at radius 1 is 1.29 bits per heavy atom. The second kappa shape index (κ2) is 5.51. The zero-order valence-corrected chi connectivity index (χ0v) is 10.0. The van der Waals surface area contributed by atoms with E-state index >= 15 is 0 Å². The molecule has 0 amide bonds. The van der Waals surface area contributed by atoms with Crippen molar-refractivity contribution in [2.45, 2.75) is 31.5 Å². The van der Waals surface area contributed by atoms with Crippen molar-refractivity contribution in [3.8, 4) is 0 Å². The van der Waals surface area contributed by atoms with Crippen LogP contribution in [-0.4, -0.2) is 44.6 Å². The van der Waals surface area contributed by atoms with E-state index in [0.29, 0.717) is 25.9 Å². The van der Waals surface area contributed by atoms with Crippen LogP contribution in [0.4, 0.5) is 13.2 Å². The number of piperidine rings is 1. The van der Waals surface area contributed by atoms with Crippen LogP contribution in [0.25, 0.3) is 0 Å². The van der Waals surface area contributed by atoms with Gasteiger partial charge in [0.25, 0.3) is 10.2 Å². The van der Waals surface area contributed by atoms with E-state index < -0.39 is 35.4 Å². The first-order valence-electron chi connectivity index (χ1n) is 5.27. The smallest absolute Gasteiger partial charge is 0.317 e. The summed E-state index contributed by atoms with van der Waals surface area (Å²) in [5.74, 6) is 0. The Morgan fingerprint density at radius 2 is 1.82 bits per heavy atom. The van der Waals surface area contributed by atoms with Crippen LogP contribution in [0.5, 0.6) is 0 Å². The lowest BCUT2D eigenvalue weighted by Crippen LogP contribution is -2.49. The molecule has 0 aromatic heterocycles. The first-order valence-corrected chi connectivity index (χ1v) is 6.77. The molecule has 17 heavy (non-hydrogen) atoms. The van der Waals surface area contributed by atoms with Gasteiger partial charge in [0, 0.05) is 12.6 Å². The van der Waals surface area contributed by atoms with Gasteiger partial charge in [-0.2, -0.15) is 25.9 Å². The van der Waals surface area contributed by atoms with E-state index in [9.17, 15) is 21.6 Å². The molecule has 0 saturated carbocycles. The summed E-state index contributed by atoms with van der Waals surface area (Å²) in [6.07, 6.45) is -4.59. The van der Waals surface area contributed by atoms with Gasteiger partial charge in [-0.1, -0.05) is 0 Å². The lowest BCUT2D eigenvalue weighted by atomic mass is 10.1. The molecule has 0 aromatic carbocycles. The largest absolute Gasteiger partial charge is 0.390 e. The molecule has 1 heterocycles. The molecule has 1 aliphatic rings. The molecule has 0 radical (unpaired) electrons. The molecule has 1 fully saturated rings. The Balaban J connectivity index is 2.67. The fraction of sp³-hybridized carbons (Fsp3) is 1.00. The molecule has 9 heteroatoms. The third-order valence-corrected chi connectivity index (χ3v) is 3.79. The van der Waals surface area contributed by atoms with Crippen LogP contribution in [0.2, 0.25) is 0 Å². The molecule has 1 rings (SSSR count). The first-order chi connectivity index (χ1) is 7.70. The van der Waals surface area contributed by atoms with Gasteiger partial charge in [0.2, 0.25) is 0 Å². The van der Waals surface area contributed by atoms with E-state index in [-0.39, 0.29) is 0 Å². The average molecular weight is 275 g/mol. The predicted molar refractivity (Wildman–Crippen MR) is 56.4 cm³/mol. The van der Waals surface area contributed by atoms with E-state index in [0.717, 1.165) is 4.31 Å². The number of hydrogen-bond acceptors (Lipinski definition) is 3. The van der Waals surface area contributed by atoms with Crippen molar-refractivity contribution in [1.29, 1.82) is 0 Å². The maximum absolute atomic E-state index is 12.1. The Hall–Kier alpha value is -0.380. The van der Waals surface area contributed by atoms with Gasteiger partial charge in [-0.15, -0.1) is 0 Å². The molecule has 0 unspecified atom stereocenters. The summed E-state index contributed by atoms with van der Waals surface area (Å²) in [6.45, 7) is 0.568. The third kappa shape index (κ3) is 5.19. The van der Waals surface area contributed by atoms with Crippen LogP contribution in [0, 0.1) is 0 Å². The molecule has 3 N–H and O–H groups in total. The maximum atomic E-state index is 12.1. The first kappa shape index (κ1) is 14.7. The number of nitrogens with zero attached hydrogens (tertiary/aromatic N) is 1. The summed E-state index contributed by atoms with van der Waals surface area (Å²) in [5.41, 5.74) is 0. The number of alkyl halides is 3. The van der Waals surface area contributed by atoms with Crippen molar-refractivity contribution < 1.29 is 21.6 Å². The topological polar surface area (TPSA) is 75.4 Å². The summed E-state index contributed by atoms with van der Waals surface area (Å²) in [5, 5.41) is 7.96. The van der Waals surface area contributed by atoms with E-state index in [4.69, 9.17) is 5.14 Å². The van der Waals surface area contributed by atoms with Gasteiger partial charge in [-0.05, 0) is 25.9 Å². The highest BCUT2D eigenvalue weighted by Gasteiger charge is 2.34. The molecular formula is C8H16F3N3O2S. The summed E-state index contributed by atoms with van der Waals surface area (Å²) < 4.78 is 59.6. The summed E-state index contributed by atoms with van der Waals surface area (Å²) in [7, 11) is -4.08. The maximum Gasteiger partial charge on any atom is 0.390 e. The second-order valence-electron chi connectivity index (χ2n) is 4.00. The van der Waals surface area contributed by atoms with Gasteiger partial charge in [0.05, 0.1) is 6.42 Å². The van der Waals surface area contributed by atoms with Crippen LogP contribution in [-0.2, 0) is 10.2 Å². The highest BCUT2D eigenvalue weighted by Crippen LogP contribution is 2.22.